The van der Waals surface area contributed by atoms with Crippen molar-refractivity contribution in [3.05, 3.63) is 0 Å². The van der Waals surface area contributed by atoms with Crippen molar-refractivity contribution < 1.29 is 9.53 Å². The predicted molar refractivity (Wildman–Crippen MR) is 54.0 cm³/mol. The van der Waals surface area contributed by atoms with Crippen molar-refractivity contribution in [2.75, 3.05) is 20.2 Å². The first kappa shape index (κ1) is 9.97. The Morgan fingerprint density at radius 3 is 2.29 bits per heavy atom. The van der Waals surface area contributed by atoms with E-state index < -0.39 is 0 Å². The monoisotopic (exact) mass is 197 g/mol. The third-order valence-corrected chi connectivity index (χ3v) is 3.54. The van der Waals surface area contributed by atoms with Crippen LogP contribution in [0.3, 0.4) is 0 Å². The number of carbonyl (C=O) groups is 1. The quantitative estimate of drug-likeness (QED) is 0.670. The minimum Gasteiger partial charge on any atom is -0.381 e. The molecule has 2 rings (SSSR count). The molecule has 1 aliphatic carbocycles. The van der Waals surface area contributed by atoms with Gasteiger partial charge < -0.3 is 9.64 Å². The molecule has 1 saturated heterocycles. The molecule has 80 valence electrons. The van der Waals surface area contributed by atoms with Crippen molar-refractivity contribution in [2.24, 2.45) is 5.92 Å². The maximum Gasteiger partial charge on any atom is 0.225 e. The molecule has 2 fully saturated rings. The Morgan fingerprint density at radius 2 is 1.86 bits per heavy atom. The zero-order valence-corrected chi connectivity index (χ0v) is 8.87. The molecule has 0 N–H and O–H groups in total. The first-order valence-electron chi connectivity index (χ1n) is 5.63. The van der Waals surface area contributed by atoms with E-state index in [2.05, 4.69) is 0 Å². The summed E-state index contributed by atoms with van der Waals surface area (Å²) < 4.78 is 5.28. The molecule has 3 heteroatoms. The highest BCUT2D eigenvalue weighted by Crippen LogP contribution is 2.29. The van der Waals surface area contributed by atoms with E-state index in [1.54, 1.807) is 7.11 Å². The third-order valence-electron chi connectivity index (χ3n) is 3.54. The minimum absolute atomic E-state index is 0.356. The zero-order valence-electron chi connectivity index (χ0n) is 8.87. The lowest BCUT2D eigenvalue weighted by molar-refractivity contribution is -0.140. The highest BCUT2D eigenvalue weighted by atomic mass is 16.5. The summed E-state index contributed by atoms with van der Waals surface area (Å²) in [7, 11) is 1.76. The normalized spacial score (nSPS) is 24.8. The van der Waals surface area contributed by atoms with Gasteiger partial charge >= 0.3 is 0 Å². The number of nitrogens with zero attached hydrogens (tertiary/aromatic N) is 1. The predicted octanol–water partition coefficient (Wildman–Crippen LogP) is 1.42. The third kappa shape index (κ3) is 1.92. The van der Waals surface area contributed by atoms with Crippen molar-refractivity contribution in [1.82, 2.24) is 4.90 Å². The molecule has 0 bridgehead atoms. The fourth-order valence-corrected chi connectivity index (χ4v) is 2.23. The largest absolute Gasteiger partial charge is 0.381 e. The van der Waals surface area contributed by atoms with Gasteiger partial charge in [-0.3, -0.25) is 4.79 Å². The second kappa shape index (κ2) is 4.30. The van der Waals surface area contributed by atoms with Crippen LogP contribution >= 0.6 is 0 Å². The van der Waals surface area contributed by atoms with Crippen LogP contribution in [0.4, 0.5) is 0 Å². The number of ether oxygens (including phenoxy) is 1. The van der Waals surface area contributed by atoms with Gasteiger partial charge in [0.15, 0.2) is 0 Å². The number of piperidine rings is 1. The van der Waals surface area contributed by atoms with Gasteiger partial charge in [0.1, 0.15) is 0 Å². The zero-order chi connectivity index (χ0) is 9.97. The number of likely N-dealkylation sites (tertiary alicyclic amines) is 1. The second-order valence-electron chi connectivity index (χ2n) is 4.39. The van der Waals surface area contributed by atoms with Crippen molar-refractivity contribution in [1.29, 1.82) is 0 Å². The van der Waals surface area contributed by atoms with E-state index in [9.17, 15) is 4.79 Å². The van der Waals surface area contributed by atoms with Crippen molar-refractivity contribution in [3.8, 4) is 0 Å². The van der Waals surface area contributed by atoms with Crippen LogP contribution in [0.1, 0.15) is 32.1 Å². The van der Waals surface area contributed by atoms with Gasteiger partial charge in [0, 0.05) is 26.1 Å². The topological polar surface area (TPSA) is 29.5 Å². The molecule has 1 amide bonds. The average Bonchev–Trinajstić information content (AvgIpc) is 2.15. The molecule has 3 nitrogen and oxygen atoms in total. The number of methoxy groups -OCH3 is 1. The van der Waals surface area contributed by atoms with E-state index in [0.29, 0.717) is 17.9 Å². The fourth-order valence-electron chi connectivity index (χ4n) is 2.23. The number of hydrogen-bond donors (Lipinski definition) is 0. The lowest BCUT2D eigenvalue weighted by Crippen LogP contribution is -2.44. The maximum absolute atomic E-state index is 11.9. The molecule has 1 saturated carbocycles. The van der Waals surface area contributed by atoms with Crippen molar-refractivity contribution in [3.63, 3.8) is 0 Å². The second-order valence-corrected chi connectivity index (χ2v) is 4.39. The molecule has 0 aromatic heterocycles. The first-order chi connectivity index (χ1) is 6.81. The van der Waals surface area contributed by atoms with Crippen molar-refractivity contribution >= 4 is 5.91 Å². The van der Waals surface area contributed by atoms with Crippen LogP contribution in [0.15, 0.2) is 0 Å². The summed E-state index contributed by atoms with van der Waals surface area (Å²) in [4.78, 5) is 13.9. The molecule has 0 aromatic carbocycles. The van der Waals surface area contributed by atoms with E-state index in [1.165, 1.54) is 6.42 Å². The first-order valence-corrected chi connectivity index (χ1v) is 5.63. The van der Waals surface area contributed by atoms with E-state index in [1.807, 2.05) is 4.90 Å². The Balaban J connectivity index is 1.79. The van der Waals surface area contributed by atoms with Crippen molar-refractivity contribution in [2.45, 2.75) is 38.2 Å². The van der Waals surface area contributed by atoms with E-state index in [4.69, 9.17) is 4.74 Å². The molecular formula is C11H19NO2. The Bertz CT molecular complexity index is 205. The van der Waals surface area contributed by atoms with Crippen LogP contribution in [-0.2, 0) is 9.53 Å². The molecule has 2 aliphatic rings. The van der Waals surface area contributed by atoms with Gasteiger partial charge in [0.25, 0.3) is 0 Å². The number of carbonyl (C=O) groups excluding carboxylic acids is 1. The molecule has 0 spiro atoms. The Hall–Kier alpha value is -0.570. The molecule has 1 aliphatic heterocycles. The van der Waals surface area contributed by atoms with Crippen LogP contribution < -0.4 is 0 Å². The van der Waals surface area contributed by atoms with Gasteiger partial charge in [-0.15, -0.1) is 0 Å². The van der Waals surface area contributed by atoms with Gasteiger partial charge in [-0.25, -0.2) is 0 Å². The van der Waals surface area contributed by atoms with E-state index in [0.717, 1.165) is 38.8 Å². The maximum atomic E-state index is 11.9. The summed E-state index contributed by atoms with van der Waals surface area (Å²) >= 11 is 0. The van der Waals surface area contributed by atoms with Gasteiger partial charge in [0.05, 0.1) is 6.10 Å². The standard InChI is InChI=1S/C11H19NO2/c1-14-10-5-7-12(8-6-10)11(13)9-3-2-4-9/h9-10H,2-8H2,1H3. The SMILES string of the molecule is COC1CCN(C(=O)C2CCC2)CC1. The summed E-state index contributed by atoms with van der Waals surface area (Å²) in [6.07, 6.45) is 5.86. The Kier molecular flexibility index (Phi) is 3.06. The molecule has 14 heavy (non-hydrogen) atoms. The molecule has 0 atom stereocenters. The highest BCUT2D eigenvalue weighted by Gasteiger charge is 2.31. The molecule has 1 heterocycles. The summed E-state index contributed by atoms with van der Waals surface area (Å²) in [5, 5.41) is 0. The summed E-state index contributed by atoms with van der Waals surface area (Å²) in [5.74, 6) is 0.750. The molecular weight excluding hydrogens is 178 g/mol. The van der Waals surface area contributed by atoms with Crippen LogP contribution in [-0.4, -0.2) is 37.1 Å². The van der Waals surface area contributed by atoms with E-state index in [-0.39, 0.29) is 0 Å². The van der Waals surface area contributed by atoms with Crippen LogP contribution in [0.25, 0.3) is 0 Å². The minimum atomic E-state index is 0.356. The van der Waals surface area contributed by atoms with Gasteiger partial charge in [-0.05, 0) is 25.7 Å². The van der Waals surface area contributed by atoms with Crippen LogP contribution in [0.5, 0.6) is 0 Å². The highest BCUT2D eigenvalue weighted by molar-refractivity contribution is 5.79. The average molecular weight is 197 g/mol. The number of rotatable bonds is 2. The summed E-state index contributed by atoms with van der Waals surface area (Å²) in [6, 6.07) is 0. The van der Waals surface area contributed by atoms with E-state index >= 15 is 0 Å². The van der Waals surface area contributed by atoms with Crippen LogP contribution in [0.2, 0.25) is 0 Å². The summed E-state index contributed by atoms with van der Waals surface area (Å²) in [6.45, 7) is 1.79. The van der Waals surface area contributed by atoms with Gasteiger partial charge in [-0.2, -0.15) is 0 Å². The molecule has 0 unspecified atom stereocenters. The number of hydrogen-bond acceptors (Lipinski definition) is 2. The Labute approximate surface area is 85.4 Å². The summed E-state index contributed by atoms with van der Waals surface area (Å²) in [5.41, 5.74) is 0. The lowest BCUT2D eigenvalue weighted by Gasteiger charge is -2.36. The van der Waals surface area contributed by atoms with Crippen LogP contribution in [0, 0.1) is 5.92 Å². The molecule has 0 aromatic rings. The van der Waals surface area contributed by atoms with Gasteiger partial charge in [0.2, 0.25) is 5.91 Å². The lowest BCUT2D eigenvalue weighted by atomic mass is 9.84. The fraction of sp³-hybridized carbons (Fsp3) is 0.909. The molecule has 0 radical (unpaired) electrons. The Morgan fingerprint density at radius 1 is 1.21 bits per heavy atom. The smallest absolute Gasteiger partial charge is 0.225 e. The number of amides is 1. The van der Waals surface area contributed by atoms with Gasteiger partial charge in [-0.1, -0.05) is 6.42 Å².